The number of ether oxygens (including phenoxy) is 2. The molecule has 1 aliphatic heterocycles. The lowest BCUT2D eigenvalue weighted by molar-refractivity contribution is 0.174. The van der Waals surface area contributed by atoms with E-state index in [1.54, 1.807) is 0 Å². The Morgan fingerprint density at radius 1 is 0.909 bits per heavy atom. The molecule has 0 fully saturated rings. The van der Waals surface area contributed by atoms with Crippen LogP contribution in [0.5, 0.6) is 11.5 Å². The fourth-order valence-electron chi connectivity index (χ4n) is 0.845. The molecule has 2 rings (SSSR count). The first kappa shape index (κ1) is 10.4. The van der Waals surface area contributed by atoms with Crippen molar-refractivity contribution in [3.8, 4) is 11.5 Å². The van der Waals surface area contributed by atoms with Crippen molar-refractivity contribution < 1.29 is 9.47 Å². The molecule has 0 bridgehead atoms. The summed E-state index contributed by atoms with van der Waals surface area (Å²) in [5, 5.41) is 0. The maximum Gasteiger partial charge on any atom is 0.231 e. The van der Waals surface area contributed by atoms with Crippen LogP contribution in [-0.2, 0) is 0 Å². The summed E-state index contributed by atoms with van der Waals surface area (Å²) in [5.41, 5.74) is 0. The average molecular weight is 195 g/mol. The maximum absolute atomic E-state index is 5.08. The number of para-hydroxylation sites is 2. The molecule has 0 saturated heterocycles. The molecule has 4 heteroatoms. The van der Waals surface area contributed by atoms with Gasteiger partial charge in [0.15, 0.2) is 11.5 Å². The highest BCUT2D eigenvalue weighted by molar-refractivity contribution is 5.85. The number of benzene rings is 1. The van der Waals surface area contributed by atoms with Gasteiger partial charge >= 0.3 is 0 Å². The summed E-state index contributed by atoms with van der Waals surface area (Å²) in [7, 11) is 0. The summed E-state index contributed by atoms with van der Waals surface area (Å²) in [6.45, 7) is 0.360. The van der Waals surface area contributed by atoms with E-state index in [2.05, 4.69) is 0 Å². The minimum atomic E-state index is 0. The Balaban J connectivity index is 0.000000500. The van der Waals surface area contributed by atoms with E-state index in [0.717, 1.165) is 11.5 Å². The molecular weight excluding hydrogens is 187 g/mol. The molecule has 11 heavy (non-hydrogen) atoms. The first-order valence-electron chi connectivity index (χ1n) is 2.81. The van der Waals surface area contributed by atoms with Gasteiger partial charge in [0.1, 0.15) is 0 Å². The zero-order valence-corrected chi connectivity index (χ0v) is 7.28. The lowest BCUT2D eigenvalue weighted by atomic mass is 10.3. The van der Waals surface area contributed by atoms with E-state index in [-0.39, 0.29) is 24.8 Å². The molecule has 0 spiro atoms. The Kier molecular flexibility index (Phi) is 4.08. The van der Waals surface area contributed by atoms with Crippen molar-refractivity contribution in [3.05, 3.63) is 24.3 Å². The topological polar surface area (TPSA) is 18.5 Å². The molecule has 1 aromatic rings. The van der Waals surface area contributed by atoms with E-state index in [4.69, 9.17) is 9.47 Å². The fourth-order valence-corrected chi connectivity index (χ4v) is 0.845. The zero-order chi connectivity index (χ0) is 6.10. The summed E-state index contributed by atoms with van der Waals surface area (Å²) in [5.74, 6) is 1.69. The Morgan fingerprint density at radius 3 is 1.82 bits per heavy atom. The van der Waals surface area contributed by atoms with Crippen LogP contribution in [0.3, 0.4) is 0 Å². The number of hydrogen-bond donors (Lipinski definition) is 0. The van der Waals surface area contributed by atoms with Crippen LogP contribution in [-0.4, -0.2) is 6.79 Å². The van der Waals surface area contributed by atoms with E-state index < -0.39 is 0 Å². The van der Waals surface area contributed by atoms with Crippen LogP contribution in [0.1, 0.15) is 0 Å². The maximum atomic E-state index is 5.08. The lowest BCUT2D eigenvalue weighted by Crippen LogP contribution is -1.92. The van der Waals surface area contributed by atoms with Gasteiger partial charge in [-0.05, 0) is 12.1 Å². The SMILES string of the molecule is Cl.Cl.c1ccc2c(c1)OCO2. The normalized spacial score (nSPS) is 11.3. The van der Waals surface area contributed by atoms with Gasteiger partial charge in [0, 0.05) is 0 Å². The molecular formula is C7H8Cl2O2. The quantitative estimate of drug-likeness (QED) is 0.632. The van der Waals surface area contributed by atoms with Gasteiger partial charge < -0.3 is 9.47 Å². The predicted octanol–water partition coefficient (Wildman–Crippen LogP) is 2.26. The smallest absolute Gasteiger partial charge is 0.231 e. The third kappa shape index (κ3) is 1.91. The summed E-state index contributed by atoms with van der Waals surface area (Å²) in [6, 6.07) is 7.63. The monoisotopic (exact) mass is 194 g/mol. The number of hydrogen-bond acceptors (Lipinski definition) is 2. The highest BCUT2D eigenvalue weighted by Crippen LogP contribution is 2.30. The van der Waals surface area contributed by atoms with E-state index in [1.807, 2.05) is 24.3 Å². The molecule has 2 nitrogen and oxygen atoms in total. The molecule has 1 aromatic carbocycles. The van der Waals surface area contributed by atoms with Crippen molar-refractivity contribution >= 4 is 24.8 Å². The second kappa shape index (κ2) is 4.31. The second-order valence-electron chi connectivity index (χ2n) is 1.85. The van der Waals surface area contributed by atoms with Crippen LogP contribution in [0, 0.1) is 0 Å². The summed E-state index contributed by atoms with van der Waals surface area (Å²) in [4.78, 5) is 0. The van der Waals surface area contributed by atoms with Crippen molar-refractivity contribution in [2.75, 3.05) is 6.79 Å². The molecule has 0 amide bonds. The largest absolute Gasteiger partial charge is 0.454 e. The predicted molar refractivity (Wildman–Crippen MR) is 47.1 cm³/mol. The highest BCUT2D eigenvalue weighted by atomic mass is 35.5. The number of halogens is 2. The molecule has 1 heterocycles. The van der Waals surface area contributed by atoms with Gasteiger partial charge in [-0.15, -0.1) is 24.8 Å². The molecule has 1 aliphatic rings. The number of rotatable bonds is 0. The van der Waals surface area contributed by atoms with E-state index in [1.165, 1.54) is 0 Å². The third-order valence-corrected chi connectivity index (χ3v) is 1.28. The van der Waals surface area contributed by atoms with Gasteiger partial charge in [-0.1, -0.05) is 12.1 Å². The summed E-state index contributed by atoms with van der Waals surface area (Å²) in [6.07, 6.45) is 0. The number of fused-ring (bicyclic) bond motifs is 1. The summed E-state index contributed by atoms with van der Waals surface area (Å²) < 4.78 is 10.2. The minimum Gasteiger partial charge on any atom is -0.454 e. The molecule has 62 valence electrons. The zero-order valence-electron chi connectivity index (χ0n) is 5.65. The van der Waals surface area contributed by atoms with Crippen LogP contribution in [0.4, 0.5) is 0 Å². The Labute approximate surface area is 77.3 Å². The molecule has 0 aliphatic carbocycles. The van der Waals surface area contributed by atoms with Gasteiger partial charge in [-0.3, -0.25) is 0 Å². The van der Waals surface area contributed by atoms with Gasteiger partial charge in [0.05, 0.1) is 0 Å². The standard InChI is InChI=1S/C7H6O2.2ClH/c1-2-4-7-6(3-1)8-5-9-7;;/h1-4H,5H2;2*1H. The lowest BCUT2D eigenvalue weighted by Gasteiger charge is -1.89. The van der Waals surface area contributed by atoms with E-state index in [0.29, 0.717) is 6.79 Å². The minimum absolute atomic E-state index is 0. The van der Waals surface area contributed by atoms with Crippen LogP contribution in [0.25, 0.3) is 0 Å². The first-order valence-corrected chi connectivity index (χ1v) is 2.81. The van der Waals surface area contributed by atoms with Crippen LogP contribution in [0.2, 0.25) is 0 Å². The van der Waals surface area contributed by atoms with Gasteiger partial charge in [0.25, 0.3) is 0 Å². The summed E-state index contributed by atoms with van der Waals surface area (Å²) >= 11 is 0. The fraction of sp³-hybridized carbons (Fsp3) is 0.143. The van der Waals surface area contributed by atoms with Crippen LogP contribution < -0.4 is 9.47 Å². The molecule has 0 radical (unpaired) electrons. The van der Waals surface area contributed by atoms with E-state index in [9.17, 15) is 0 Å². The van der Waals surface area contributed by atoms with Crippen molar-refractivity contribution in [2.45, 2.75) is 0 Å². The van der Waals surface area contributed by atoms with Crippen LogP contribution >= 0.6 is 24.8 Å². The molecule has 0 aromatic heterocycles. The van der Waals surface area contributed by atoms with E-state index >= 15 is 0 Å². The van der Waals surface area contributed by atoms with Crippen LogP contribution in [0.15, 0.2) is 24.3 Å². The third-order valence-electron chi connectivity index (χ3n) is 1.28. The highest BCUT2D eigenvalue weighted by Gasteiger charge is 2.09. The molecule has 0 unspecified atom stereocenters. The average Bonchev–Trinajstić information content (AvgIpc) is 2.33. The molecule has 0 saturated carbocycles. The first-order chi connectivity index (χ1) is 4.47. The van der Waals surface area contributed by atoms with Gasteiger partial charge in [-0.25, -0.2) is 0 Å². The Hall–Kier alpha value is -0.600. The van der Waals surface area contributed by atoms with Crippen molar-refractivity contribution in [2.24, 2.45) is 0 Å². The second-order valence-corrected chi connectivity index (χ2v) is 1.85. The van der Waals surface area contributed by atoms with Crippen molar-refractivity contribution in [3.63, 3.8) is 0 Å². The van der Waals surface area contributed by atoms with Gasteiger partial charge in [-0.2, -0.15) is 0 Å². The molecule has 0 atom stereocenters. The van der Waals surface area contributed by atoms with Gasteiger partial charge in [0.2, 0.25) is 6.79 Å². The van der Waals surface area contributed by atoms with Crippen molar-refractivity contribution in [1.82, 2.24) is 0 Å². The Bertz CT molecular complexity index is 204. The molecule has 0 N–H and O–H groups in total. The Morgan fingerprint density at radius 2 is 1.36 bits per heavy atom. The van der Waals surface area contributed by atoms with Crippen molar-refractivity contribution in [1.29, 1.82) is 0 Å².